The summed E-state index contributed by atoms with van der Waals surface area (Å²) in [6, 6.07) is 3.47. The highest BCUT2D eigenvalue weighted by Crippen LogP contribution is 2.37. The van der Waals surface area contributed by atoms with E-state index in [-0.39, 0.29) is 12.6 Å². The Morgan fingerprint density at radius 2 is 2.00 bits per heavy atom. The summed E-state index contributed by atoms with van der Waals surface area (Å²) < 4.78 is 24.6. The number of carbonyl (C=O) groups is 2. The van der Waals surface area contributed by atoms with Crippen LogP contribution in [0.3, 0.4) is 0 Å². The summed E-state index contributed by atoms with van der Waals surface area (Å²) in [6.45, 7) is 5.70. The first-order valence-electron chi connectivity index (χ1n) is 10.2. The number of esters is 2. The second-order valence-corrected chi connectivity index (χ2v) is 9.24. The first kappa shape index (κ1) is 25.5. The van der Waals surface area contributed by atoms with Crippen LogP contribution >= 0.6 is 43.2 Å². The number of aliphatic imine (C=N–C) groups is 1. The van der Waals surface area contributed by atoms with Gasteiger partial charge in [-0.1, -0.05) is 37.9 Å². The van der Waals surface area contributed by atoms with Crippen LogP contribution in [0.2, 0.25) is 0 Å². The van der Waals surface area contributed by atoms with Crippen molar-refractivity contribution in [2.24, 2.45) is 4.99 Å². The molecule has 1 aliphatic heterocycles. The average Bonchev–Trinajstić information content (AvgIpc) is 3.28. The van der Waals surface area contributed by atoms with Gasteiger partial charge < -0.3 is 14.8 Å². The SMILES string of the molecule is CCOC(=O)C1=C(CBr)NC(c2nc(C(C)C(=O)OCC)cs2)=NC1c1ccc(F)cc1Br. The highest BCUT2D eigenvalue weighted by Gasteiger charge is 2.34. The maximum absolute atomic E-state index is 13.7. The van der Waals surface area contributed by atoms with E-state index >= 15 is 0 Å². The van der Waals surface area contributed by atoms with Crippen LogP contribution in [-0.2, 0) is 19.1 Å². The third-order valence-electron chi connectivity index (χ3n) is 4.82. The van der Waals surface area contributed by atoms with E-state index in [0.717, 1.165) is 0 Å². The molecule has 33 heavy (non-hydrogen) atoms. The molecule has 0 fully saturated rings. The van der Waals surface area contributed by atoms with Crippen LogP contribution in [0.15, 0.2) is 44.3 Å². The van der Waals surface area contributed by atoms with E-state index in [4.69, 9.17) is 14.5 Å². The van der Waals surface area contributed by atoms with Gasteiger partial charge in [0, 0.05) is 20.9 Å². The molecule has 11 heteroatoms. The summed E-state index contributed by atoms with van der Waals surface area (Å²) in [4.78, 5) is 34.3. The van der Waals surface area contributed by atoms with E-state index < -0.39 is 23.7 Å². The van der Waals surface area contributed by atoms with Gasteiger partial charge in [-0.05, 0) is 38.5 Å². The van der Waals surface area contributed by atoms with Crippen LogP contribution in [0.4, 0.5) is 4.39 Å². The van der Waals surface area contributed by atoms with Crippen molar-refractivity contribution in [3.63, 3.8) is 0 Å². The van der Waals surface area contributed by atoms with Gasteiger partial charge in [0.2, 0.25) is 0 Å². The summed E-state index contributed by atoms with van der Waals surface area (Å²) in [5, 5.41) is 5.82. The number of amidine groups is 1. The van der Waals surface area contributed by atoms with Gasteiger partial charge in [-0.3, -0.25) is 9.79 Å². The minimum atomic E-state index is -0.752. The van der Waals surface area contributed by atoms with Crippen LogP contribution in [0.5, 0.6) is 0 Å². The summed E-state index contributed by atoms with van der Waals surface area (Å²) in [5.41, 5.74) is 2.06. The summed E-state index contributed by atoms with van der Waals surface area (Å²) in [5.74, 6) is -1.37. The summed E-state index contributed by atoms with van der Waals surface area (Å²) in [7, 11) is 0. The van der Waals surface area contributed by atoms with Crippen LogP contribution in [0, 0.1) is 5.82 Å². The molecule has 176 valence electrons. The number of aromatic nitrogens is 1. The molecule has 1 aromatic carbocycles. The monoisotopic (exact) mass is 601 g/mol. The maximum Gasteiger partial charge on any atom is 0.338 e. The molecule has 1 aliphatic rings. The molecule has 0 saturated carbocycles. The maximum atomic E-state index is 13.7. The minimum Gasteiger partial charge on any atom is -0.465 e. The van der Waals surface area contributed by atoms with Gasteiger partial charge in [-0.2, -0.15) is 0 Å². The Hall–Kier alpha value is -2.11. The number of ether oxygens (including phenoxy) is 2. The molecule has 1 aromatic heterocycles. The first-order valence-corrected chi connectivity index (χ1v) is 13.0. The Morgan fingerprint density at radius 1 is 1.27 bits per heavy atom. The number of allylic oxidation sites excluding steroid dienone is 1. The van der Waals surface area contributed by atoms with E-state index in [2.05, 4.69) is 42.2 Å². The van der Waals surface area contributed by atoms with Crippen molar-refractivity contribution in [1.29, 1.82) is 0 Å². The second kappa shape index (κ2) is 11.3. The van der Waals surface area contributed by atoms with E-state index in [1.54, 1.807) is 32.2 Å². The van der Waals surface area contributed by atoms with E-state index in [9.17, 15) is 14.0 Å². The number of hydrogen-bond acceptors (Lipinski definition) is 8. The molecule has 7 nitrogen and oxygen atoms in total. The highest BCUT2D eigenvalue weighted by molar-refractivity contribution is 9.10. The van der Waals surface area contributed by atoms with Crippen molar-refractivity contribution < 1.29 is 23.5 Å². The van der Waals surface area contributed by atoms with Gasteiger partial charge in [0.25, 0.3) is 0 Å². The van der Waals surface area contributed by atoms with Crippen molar-refractivity contribution in [2.45, 2.75) is 32.7 Å². The molecule has 2 unspecified atom stereocenters. The molecule has 2 heterocycles. The number of thiazole rings is 1. The summed E-state index contributed by atoms with van der Waals surface area (Å²) >= 11 is 8.14. The number of rotatable bonds is 8. The molecular formula is C22H22Br2FN3O4S. The quantitative estimate of drug-likeness (QED) is 0.337. The number of benzene rings is 1. The fourth-order valence-electron chi connectivity index (χ4n) is 3.19. The van der Waals surface area contributed by atoms with Crippen LogP contribution < -0.4 is 5.32 Å². The number of nitrogens with zero attached hydrogens (tertiary/aromatic N) is 2. The summed E-state index contributed by atoms with van der Waals surface area (Å²) in [6.07, 6.45) is 0. The molecular weight excluding hydrogens is 581 g/mol. The van der Waals surface area contributed by atoms with Crippen molar-refractivity contribution in [3.8, 4) is 0 Å². The Labute approximate surface area is 211 Å². The molecule has 0 aliphatic carbocycles. The molecule has 0 bridgehead atoms. The minimum absolute atomic E-state index is 0.202. The number of nitrogens with one attached hydrogen (secondary N) is 1. The zero-order valence-electron chi connectivity index (χ0n) is 18.2. The fourth-order valence-corrected chi connectivity index (χ4v) is 5.06. The largest absolute Gasteiger partial charge is 0.465 e. The van der Waals surface area contributed by atoms with Crippen LogP contribution in [0.1, 0.15) is 49.0 Å². The normalized spacial score (nSPS) is 16.7. The van der Waals surface area contributed by atoms with Gasteiger partial charge in [0.05, 0.1) is 30.4 Å². The van der Waals surface area contributed by atoms with E-state index in [1.165, 1.54) is 23.5 Å². The van der Waals surface area contributed by atoms with Crippen molar-refractivity contribution in [2.75, 3.05) is 18.5 Å². The topological polar surface area (TPSA) is 89.9 Å². The molecule has 0 amide bonds. The van der Waals surface area contributed by atoms with Crippen molar-refractivity contribution >= 4 is 61.0 Å². The van der Waals surface area contributed by atoms with Crippen molar-refractivity contribution in [1.82, 2.24) is 10.3 Å². The Kier molecular flexibility index (Phi) is 8.77. The van der Waals surface area contributed by atoms with Crippen molar-refractivity contribution in [3.05, 3.63) is 61.4 Å². The Morgan fingerprint density at radius 3 is 2.64 bits per heavy atom. The molecule has 0 saturated heterocycles. The fraction of sp³-hybridized carbons (Fsp3) is 0.364. The predicted octanol–water partition coefficient (Wildman–Crippen LogP) is 5.01. The lowest BCUT2D eigenvalue weighted by atomic mass is 9.96. The van der Waals surface area contributed by atoms with E-state index in [0.29, 0.717) is 49.8 Å². The standard InChI is InChI=1S/C22H22Br2FN3O4S/c1-4-31-21(29)11(3)16-10-33-20(27-16)19-26-15(9-23)17(22(30)32-5-2)18(28-19)13-7-6-12(25)8-14(13)24/h6-8,10-11,18H,4-5,9H2,1-3H3,(H,26,28). The third kappa shape index (κ3) is 5.70. The molecule has 0 radical (unpaired) electrons. The van der Waals surface area contributed by atoms with Gasteiger partial charge >= 0.3 is 11.9 Å². The molecule has 2 atom stereocenters. The lowest BCUT2D eigenvalue weighted by Crippen LogP contribution is -2.34. The highest BCUT2D eigenvalue weighted by atomic mass is 79.9. The third-order valence-corrected chi connectivity index (χ3v) is 6.94. The number of alkyl halides is 1. The molecule has 0 spiro atoms. The van der Waals surface area contributed by atoms with Gasteiger partial charge in [-0.25, -0.2) is 14.2 Å². The van der Waals surface area contributed by atoms with Gasteiger partial charge in [-0.15, -0.1) is 11.3 Å². The molecule has 2 aromatic rings. The second-order valence-electron chi connectivity index (χ2n) is 6.97. The Bertz CT molecular complexity index is 1120. The predicted molar refractivity (Wildman–Crippen MR) is 131 cm³/mol. The number of carbonyl (C=O) groups excluding carboxylic acids is 2. The van der Waals surface area contributed by atoms with E-state index in [1.807, 2.05) is 0 Å². The first-order chi connectivity index (χ1) is 15.8. The van der Waals surface area contributed by atoms with Gasteiger partial charge in [0.15, 0.2) is 10.8 Å². The number of halogens is 3. The number of hydrogen-bond donors (Lipinski definition) is 1. The van der Waals surface area contributed by atoms with Crippen LogP contribution in [0.25, 0.3) is 0 Å². The molecule has 1 N–H and O–H groups in total. The zero-order valence-corrected chi connectivity index (χ0v) is 22.1. The Balaban J connectivity index is 2.06. The zero-order chi connectivity index (χ0) is 24.1. The smallest absolute Gasteiger partial charge is 0.338 e. The lowest BCUT2D eigenvalue weighted by Gasteiger charge is -2.27. The average molecular weight is 603 g/mol. The van der Waals surface area contributed by atoms with Crippen LogP contribution in [-0.4, -0.2) is 41.3 Å². The lowest BCUT2D eigenvalue weighted by molar-refractivity contribution is -0.144. The van der Waals surface area contributed by atoms with Gasteiger partial charge in [0.1, 0.15) is 11.9 Å². The molecule has 3 rings (SSSR count).